The standard InChI is InChI=1S/C16H24N4O3/c1-13-17-4-3-14(18-13)11-19-5-10-23-16(2,12-19)15(21)20-6-8-22-9-7-20/h3-4H,5-12H2,1-2H3/t16-/m1/s1. The van der Waals surface area contributed by atoms with E-state index in [0.29, 0.717) is 46.0 Å². The van der Waals surface area contributed by atoms with Gasteiger partial charge in [0.05, 0.1) is 25.5 Å². The monoisotopic (exact) mass is 320 g/mol. The molecule has 1 atom stereocenters. The Hall–Kier alpha value is -1.57. The van der Waals surface area contributed by atoms with Crippen LogP contribution in [-0.2, 0) is 20.8 Å². The van der Waals surface area contributed by atoms with Crippen molar-refractivity contribution in [3.8, 4) is 0 Å². The molecule has 0 aromatic carbocycles. The van der Waals surface area contributed by atoms with Gasteiger partial charge in [-0.15, -0.1) is 0 Å². The van der Waals surface area contributed by atoms with Crippen LogP contribution >= 0.6 is 0 Å². The van der Waals surface area contributed by atoms with Crippen molar-refractivity contribution in [3.05, 3.63) is 23.8 Å². The van der Waals surface area contributed by atoms with Gasteiger partial charge in [0.25, 0.3) is 5.91 Å². The zero-order chi connectivity index (χ0) is 16.3. The Bertz CT molecular complexity index is 562. The van der Waals surface area contributed by atoms with Crippen LogP contribution in [0.5, 0.6) is 0 Å². The Morgan fingerprint density at radius 2 is 2.09 bits per heavy atom. The summed E-state index contributed by atoms with van der Waals surface area (Å²) in [5, 5.41) is 0. The van der Waals surface area contributed by atoms with Crippen molar-refractivity contribution in [3.63, 3.8) is 0 Å². The van der Waals surface area contributed by atoms with Gasteiger partial charge < -0.3 is 14.4 Å². The van der Waals surface area contributed by atoms with Crippen LogP contribution in [0.25, 0.3) is 0 Å². The van der Waals surface area contributed by atoms with Crippen molar-refractivity contribution >= 4 is 5.91 Å². The molecule has 7 nitrogen and oxygen atoms in total. The van der Waals surface area contributed by atoms with Crippen molar-refractivity contribution in [1.29, 1.82) is 0 Å². The number of nitrogens with zero attached hydrogens (tertiary/aromatic N) is 4. The first-order chi connectivity index (χ1) is 11.1. The maximum absolute atomic E-state index is 12.8. The molecule has 23 heavy (non-hydrogen) atoms. The molecule has 2 aliphatic rings. The van der Waals surface area contributed by atoms with Gasteiger partial charge in [-0.1, -0.05) is 0 Å². The summed E-state index contributed by atoms with van der Waals surface area (Å²) in [6.45, 7) is 8.90. The summed E-state index contributed by atoms with van der Waals surface area (Å²) >= 11 is 0. The number of aryl methyl sites for hydroxylation is 1. The number of rotatable bonds is 3. The van der Waals surface area contributed by atoms with Gasteiger partial charge in [0.15, 0.2) is 5.60 Å². The smallest absolute Gasteiger partial charge is 0.256 e. The lowest BCUT2D eigenvalue weighted by molar-refractivity contribution is -0.171. The molecule has 3 rings (SSSR count). The number of aromatic nitrogens is 2. The lowest BCUT2D eigenvalue weighted by atomic mass is 10.0. The number of hydrogen-bond acceptors (Lipinski definition) is 6. The van der Waals surface area contributed by atoms with Gasteiger partial charge in [0.1, 0.15) is 5.82 Å². The summed E-state index contributed by atoms with van der Waals surface area (Å²) < 4.78 is 11.2. The molecule has 0 bridgehead atoms. The normalized spacial score (nSPS) is 26.3. The quantitative estimate of drug-likeness (QED) is 0.794. The molecule has 0 spiro atoms. The number of morpholine rings is 2. The van der Waals surface area contributed by atoms with E-state index in [-0.39, 0.29) is 5.91 Å². The molecule has 0 saturated carbocycles. The van der Waals surface area contributed by atoms with E-state index in [1.807, 2.05) is 24.8 Å². The third-order valence-corrected chi connectivity index (χ3v) is 4.32. The fourth-order valence-electron chi connectivity index (χ4n) is 3.14. The van der Waals surface area contributed by atoms with Gasteiger partial charge >= 0.3 is 0 Å². The van der Waals surface area contributed by atoms with E-state index in [0.717, 1.165) is 18.1 Å². The Labute approximate surface area is 136 Å². The molecule has 3 heterocycles. The second-order valence-electron chi connectivity index (χ2n) is 6.29. The molecule has 0 N–H and O–H groups in total. The van der Waals surface area contributed by atoms with E-state index in [1.54, 1.807) is 6.20 Å². The van der Waals surface area contributed by atoms with Crippen LogP contribution < -0.4 is 0 Å². The largest absolute Gasteiger partial charge is 0.378 e. The highest BCUT2D eigenvalue weighted by atomic mass is 16.5. The SMILES string of the molecule is Cc1nccc(CN2CCO[C@@](C)(C(=O)N3CCOCC3)C2)n1. The number of amides is 1. The minimum atomic E-state index is -0.794. The van der Waals surface area contributed by atoms with Crippen molar-refractivity contribution in [2.45, 2.75) is 26.0 Å². The molecule has 1 amide bonds. The lowest BCUT2D eigenvalue weighted by Gasteiger charge is -2.42. The Balaban J connectivity index is 1.65. The van der Waals surface area contributed by atoms with E-state index in [9.17, 15) is 4.79 Å². The van der Waals surface area contributed by atoms with Crippen molar-refractivity contribution in [2.75, 3.05) is 46.0 Å². The fourth-order valence-corrected chi connectivity index (χ4v) is 3.14. The zero-order valence-electron chi connectivity index (χ0n) is 13.8. The van der Waals surface area contributed by atoms with Gasteiger partial charge in [0, 0.05) is 38.9 Å². The van der Waals surface area contributed by atoms with E-state index >= 15 is 0 Å². The highest BCUT2D eigenvalue weighted by Gasteiger charge is 2.42. The second kappa shape index (κ2) is 6.90. The number of ether oxygens (including phenoxy) is 2. The Kier molecular flexibility index (Phi) is 4.89. The molecule has 7 heteroatoms. The van der Waals surface area contributed by atoms with Crippen molar-refractivity contribution in [1.82, 2.24) is 19.8 Å². The molecule has 2 aliphatic heterocycles. The average molecular weight is 320 g/mol. The Morgan fingerprint density at radius 1 is 1.30 bits per heavy atom. The fraction of sp³-hybridized carbons (Fsp3) is 0.688. The van der Waals surface area contributed by atoms with Gasteiger partial charge in [-0.25, -0.2) is 9.97 Å². The molecule has 1 aromatic heterocycles. The van der Waals surface area contributed by atoms with Crippen LogP contribution in [0.3, 0.4) is 0 Å². The third kappa shape index (κ3) is 3.85. The number of hydrogen-bond donors (Lipinski definition) is 0. The summed E-state index contributed by atoms with van der Waals surface area (Å²) in [4.78, 5) is 25.5. The first kappa shape index (κ1) is 16.3. The van der Waals surface area contributed by atoms with Gasteiger partial charge in [-0.3, -0.25) is 9.69 Å². The van der Waals surface area contributed by atoms with Crippen LogP contribution in [0.1, 0.15) is 18.4 Å². The Morgan fingerprint density at radius 3 is 2.83 bits per heavy atom. The van der Waals surface area contributed by atoms with Crippen LogP contribution in [0.4, 0.5) is 0 Å². The summed E-state index contributed by atoms with van der Waals surface area (Å²) in [6, 6.07) is 1.92. The summed E-state index contributed by atoms with van der Waals surface area (Å²) in [6.07, 6.45) is 1.77. The molecule has 0 aliphatic carbocycles. The first-order valence-corrected chi connectivity index (χ1v) is 8.09. The van der Waals surface area contributed by atoms with Crippen molar-refractivity contribution < 1.29 is 14.3 Å². The predicted octanol–water partition coefficient (Wildman–Crippen LogP) is 0.235. The molecule has 2 fully saturated rings. The minimum absolute atomic E-state index is 0.0596. The molecule has 126 valence electrons. The highest BCUT2D eigenvalue weighted by molar-refractivity contribution is 5.85. The highest BCUT2D eigenvalue weighted by Crippen LogP contribution is 2.22. The summed E-state index contributed by atoms with van der Waals surface area (Å²) in [7, 11) is 0. The van der Waals surface area contributed by atoms with E-state index in [4.69, 9.17) is 9.47 Å². The lowest BCUT2D eigenvalue weighted by Crippen LogP contribution is -2.60. The van der Waals surface area contributed by atoms with E-state index in [1.165, 1.54) is 0 Å². The summed E-state index contributed by atoms with van der Waals surface area (Å²) in [5.41, 5.74) is 0.179. The maximum Gasteiger partial charge on any atom is 0.256 e. The topological polar surface area (TPSA) is 67.8 Å². The van der Waals surface area contributed by atoms with Crippen LogP contribution in [0, 0.1) is 6.92 Å². The van der Waals surface area contributed by atoms with Gasteiger partial charge in [-0.05, 0) is 19.9 Å². The van der Waals surface area contributed by atoms with Crippen molar-refractivity contribution in [2.24, 2.45) is 0 Å². The number of carbonyl (C=O) groups is 1. The molecule has 2 saturated heterocycles. The molecular weight excluding hydrogens is 296 g/mol. The summed E-state index contributed by atoms with van der Waals surface area (Å²) in [5.74, 6) is 0.826. The van der Waals surface area contributed by atoms with Crippen LogP contribution in [0.15, 0.2) is 12.3 Å². The maximum atomic E-state index is 12.8. The number of carbonyl (C=O) groups excluding carboxylic acids is 1. The van der Waals surface area contributed by atoms with Gasteiger partial charge in [0.2, 0.25) is 0 Å². The average Bonchev–Trinajstić information content (AvgIpc) is 2.55. The minimum Gasteiger partial charge on any atom is -0.378 e. The van der Waals surface area contributed by atoms with Crippen LogP contribution in [0.2, 0.25) is 0 Å². The predicted molar refractivity (Wildman–Crippen MR) is 83.8 cm³/mol. The first-order valence-electron chi connectivity index (χ1n) is 8.09. The molecule has 0 unspecified atom stereocenters. The zero-order valence-corrected chi connectivity index (χ0v) is 13.8. The molecule has 0 radical (unpaired) electrons. The molecular formula is C16H24N4O3. The van der Waals surface area contributed by atoms with E-state index < -0.39 is 5.60 Å². The molecule has 1 aromatic rings. The third-order valence-electron chi connectivity index (χ3n) is 4.32. The van der Waals surface area contributed by atoms with Crippen LogP contribution in [-0.4, -0.2) is 77.3 Å². The van der Waals surface area contributed by atoms with E-state index in [2.05, 4.69) is 14.9 Å². The second-order valence-corrected chi connectivity index (χ2v) is 6.29. The van der Waals surface area contributed by atoms with Gasteiger partial charge in [-0.2, -0.15) is 0 Å².